The Morgan fingerprint density at radius 2 is 2.24 bits per heavy atom. The van der Waals surface area contributed by atoms with E-state index in [0.29, 0.717) is 13.0 Å². The van der Waals surface area contributed by atoms with E-state index >= 15 is 0 Å². The van der Waals surface area contributed by atoms with Crippen molar-refractivity contribution >= 4 is 17.7 Å². The average molecular weight is 232 g/mol. The lowest BCUT2D eigenvalue weighted by Gasteiger charge is -2.17. The van der Waals surface area contributed by atoms with E-state index in [0.717, 1.165) is 16.8 Å². The topological polar surface area (TPSA) is 75.3 Å². The Morgan fingerprint density at radius 1 is 1.47 bits per heavy atom. The standard InChI is InChI=1S/C13H16N2O2/c14-8-9-5-10-3-1-2-4-12(10)15-11(6-9)7-13(16)17/h1-5,11,15H,6-8,14H2,(H,16,17). The van der Waals surface area contributed by atoms with Gasteiger partial charge in [0.2, 0.25) is 0 Å². The summed E-state index contributed by atoms with van der Waals surface area (Å²) in [7, 11) is 0. The van der Waals surface area contributed by atoms with Crippen molar-refractivity contribution in [1.29, 1.82) is 0 Å². The molecule has 0 aliphatic carbocycles. The molecule has 0 amide bonds. The second-order valence-electron chi connectivity index (χ2n) is 4.24. The number of carboxylic acids is 1. The minimum atomic E-state index is -0.793. The van der Waals surface area contributed by atoms with Gasteiger partial charge in [0.1, 0.15) is 0 Å². The first-order valence-electron chi connectivity index (χ1n) is 5.66. The first-order chi connectivity index (χ1) is 8.19. The Kier molecular flexibility index (Phi) is 3.44. The summed E-state index contributed by atoms with van der Waals surface area (Å²) in [6.45, 7) is 0.464. The molecule has 1 aliphatic heterocycles. The maximum atomic E-state index is 10.8. The van der Waals surface area contributed by atoms with Crippen LogP contribution in [0.1, 0.15) is 18.4 Å². The zero-order valence-corrected chi connectivity index (χ0v) is 9.52. The highest BCUT2D eigenvalue weighted by molar-refractivity contribution is 5.73. The predicted octanol–water partition coefficient (Wildman–Crippen LogP) is 1.69. The van der Waals surface area contributed by atoms with Crippen molar-refractivity contribution in [2.24, 2.45) is 5.73 Å². The van der Waals surface area contributed by atoms with Crippen molar-refractivity contribution in [3.8, 4) is 0 Å². The van der Waals surface area contributed by atoms with E-state index < -0.39 is 5.97 Å². The number of nitrogens with two attached hydrogens (primary N) is 1. The molecule has 0 saturated carbocycles. The normalized spacial score (nSPS) is 18.6. The molecular formula is C13H16N2O2. The largest absolute Gasteiger partial charge is 0.481 e. The van der Waals surface area contributed by atoms with Gasteiger partial charge in [0.25, 0.3) is 0 Å². The molecule has 0 bridgehead atoms. The van der Waals surface area contributed by atoms with Gasteiger partial charge in [-0.1, -0.05) is 29.8 Å². The Balaban J connectivity index is 2.30. The molecule has 0 radical (unpaired) electrons. The molecule has 0 fully saturated rings. The van der Waals surface area contributed by atoms with Gasteiger partial charge in [0.15, 0.2) is 0 Å². The summed E-state index contributed by atoms with van der Waals surface area (Å²) >= 11 is 0. The lowest BCUT2D eigenvalue weighted by atomic mass is 10.0. The minimum Gasteiger partial charge on any atom is -0.481 e. The summed E-state index contributed by atoms with van der Waals surface area (Å²) in [5, 5.41) is 12.1. The van der Waals surface area contributed by atoms with Crippen molar-refractivity contribution in [2.45, 2.75) is 18.9 Å². The number of anilines is 1. The Labute approximate surface area is 100 Å². The van der Waals surface area contributed by atoms with Crippen LogP contribution in [-0.4, -0.2) is 23.7 Å². The number of fused-ring (bicyclic) bond motifs is 1. The van der Waals surface area contributed by atoms with Crippen molar-refractivity contribution < 1.29 is 9.90 Å². The lowest BCUT2D eigenvalue weighted by molar-refractivity contribution is -0.137. The second-order valence-corrected chi connectivity index (χ2v) is 4.24. The maximum Gasteiger partial charge on any atom is 0.305 e. The van der Waals surface area contributed by atoms with Gasteiger partial charge in [0.05, 0.1) is 6.42 Å². The number of para-hydroxylation sites is 1. The van der Waals surface area contributed by atoms with Crippen LogP contribution in [0.15, 0.2) is 29.8 Å². The molecular weight excluding hydrogens is 216 g/mol. The van der Waals surface area contributed by atoms with Crippen molar-refractivity contribution in [3.63, 3.8) is 0 Å². The van der Waals surface area contributed by atoms with Crippen molar-refractivity contribution in [1.82, 2.24) is 0 Å². The van der Waals surface area contributed by atoms with Gasteiger partial charge in [-0.2, -0.15) is 0 Å². The molecule has 1 aromatic carbocycles. The molecule has 0 saturated heterocycles. The van der Waals surface area contributed by atoms with Gasteiger partial charge < -0.3 is 16.2 Å². The molecule has 4 heteroatoms. The summed E-state index contributed by atoms with van der Waals surface area (Å²) in [6.07, 6.45) is 2.83. The number of nitrogens with one attached hydrogen (secondary N) is 1. The highest BCUT2D eigenvalue weighted by Gasteiger charge is 2.18. The van der Waals surface area contributed by atoms with Gasteiger partial charge in [0, 0.05) is 18.3 Å². The fourth-order valence-electron chi connectivity index (χ4n) is 2.10. The number of carbonyl (C=O) groups is 1. The van der Waals surface area contributed by atoms with Crippen molar-refractivity contribution in [2.75, 3.05) is 11.9 Å². The molecule has 1 aliphatic rings. The molecule has 4 N–H and O–H groups in total. The van der Waals surface area contributed by atoms with Crippen LogP contribution in [0.4, 0.5) is 5.69 Å². The molecule has 1 atom stereocenters. The number of rotatable bonds is 3. The van der Waals surface area contributed by atoms with Gasteiger partial charge in [-0.3, -0.25) is 4.79 Å². The van der Waals surface area contributed by atoms with E-state index in [1.807, 2.05) is 30.3 Å². The van der Waals surface area contributed by atoms with Crippen LogP contribution in [0.25, 0.3) is 6.08 Å². The highest BCUT2D eigenvalue weighted by Crippen LogP contribution is 2.26. The smallest absolute Gasteiger partial charge is 0.305 e. The van der Waals surface area contributed by atoms with E-state index in [1.54, 1.807) is 0 Å². The monoisotopic (exact) mass is 232 g/mol. The molecule has 0 aromatic heterocycles. The fraction of sp³-hybridized carbons (Fsp3) is 0.308. The van der Waals surface area contributed by atoms with Gasteiger partial charge in [-0.15, -0.1) is 0 Å². The predicted molar refractivity (Wildman–Crippen MR) is 67.8 cm³/mol. The van der Waals surface area contributed by atoms with E-state index in [1.165, 1.54) is 0 Å². The van der Waals surface area contributed by atoms with E-state index in [4.69, 9.17) is 10.8 Å². The number of hydrogen-bond donors (Lipinski definition) is 3. The summed E-state index contributed by atoms with van der Waals surface area (Å²) in [5.41, 5.74) is 8.80. The van der Waals surface area contributed by atoms with Crippen LogP contribution in [0.5, 0.6) is 0 Å². The van der Waals surface area contributed by atoms with E-state index in [9.17, 15) is 4.79 Å². The van der Waals surface area contributed by atoms with E-state index in [-0.39, 0.29) is 12.5 Å². The first-order valence-corrected chi connectivity index (χ1v) is 5.66. The van der Waals surface area contributed by atoms with Crippen molar-refractivity contribution in [3.05, 3.63) is 35.4 Å². The third-order valence-corrected chi connectivity index (χ3v) is 2.87. The average Bonchev–Trinajstić information content (AvgIpc) is 2.46. The molecule has 90 valence electrons. The lowest BCUT2D eigenvalue weighted by Crippen LogP contribution is -2.24. The quantitative estimate of drug-likeness (QED) is 0.741. The zero-order valence-electron chi connectivity index (χ0n) is 9.52. The number of hydrogen-bond acceptors (Lipinski definition) is 3. The first kappa shape index (κ1) is 11.7. The molecule has 1 unspecified atom stereocenters. The molecule has 17 heavy (non-hydrogen) atoms. The summed E-state index contributed by atoms with van der Waals surface area (Å²) in [5.74, 6) is -0.793. The third kappa shape index (κ3) is 2.85. The molecule has 4 nitrogen and oxygen atoms in total. The van der Waals surface area contributed by atoms with Crippen LogP contribution in [-0.2, 0) is 4.79 Å². The van der Waals surface area contributed by atoms with Crippen LogP contribution in [0.3, 0.4) is 0 Å². The number of benzene rings is 1. The van der Waals surface area contributed by atoms with Crippen LogP contribution in [0, 0.1) is 0 Å². The number of carboxylic acid groups (broad SMARTS) is 1. The van der Waals surface area contributed by atoms with E-state index in [2.05, 4.69) is 5.32 Å². The minimum absolute atomic E-state index is 0.0917. The van der Waals surface area contributed by atoms with Gasteiger partial charge in [-0.05, 0) is 18.1 Å². The van der Waals surface area contributed by atoms with Crippen LogP contribution >= 0.6 is 0 Å². The SMILES string of the molecule is NCC1=Cc2ccccc2NC(CC(=O)O)C1. The third-order valence-electron chi connectivity index (χ3n) is 2.87. The summed E-state index contributed by atoms with van der Waals surface area (Å²) in [6, 6.07) is 7.76. The van der Waals surface area contributed by atoms with Crippen LogP contribution < -0.4 is 11.1 Å². The number of aliphatic carboxylic acids is 1. The summed E-state index contributed by atoms with van der Waals surface area (Å²) in [4.78, 5) is 10.8. The molecule has 2 rings (SSSR count). The molecule has 0 spiro atoms. The molecule has 1 heterocycles. The second kappa shape index (κ2) is 5.01. The Morgan fingerprint density at radius 3 is 2.94 bits per heavy atom. The Bertz CT molecular complexity index is 454. The molecule has 1 aromatic rings. The Hall–Kier alpha value is -1.81. The fourth-order valence-corrected chi connectivity index (χ4v) is 2.10. The zero-order chi connectivity index (χ0) is 12.3. The van der Waals surface area contributed by atoms with Crippen LogP contribution in [0.2, 0.25) is 0 Å². The summed E-state index contributed by atoms with van der Waals surface area (Å²) < 4.78 is 0. The van der Waals surface area contributed by atoms with Gasteiger partial charge >= 0.3 is 5.97 Å². The maximum absolute atomic E-state index is 10.8. The highest BCUT2D eigenvalue weighted by atomic mass is 16.4. The van der Waals surface area contributed by atoms with Gasteiger partial charge in [-0.25, -0.2) is 0 Å².